The van der Waals surface area contributed by atoms with Gasteiger partial charge >= 0.3 is 0 Å². The molecular weight excluding hydrogens is 256 g/mol. The van der Waals surface area contributed by atoms with Gasteiger partial charge in [-0.05, 0) is 0 Å². The van der Waals surface area contributed by atoms with Crippen LogP contribution in [0.2, 0.25) is 0 Å². The number of aliphatic imine (C=N–C) groups is 2. The highest BCUT2D eigenvalue weighted by atomic mass is 16.3. The fourth-order valence-corrected chi connectivity index (χ4v) is 1.08. The minimum atomic E-state index is -1.32. The lowest BCUT2D eigenvalue weighted by Gasteiger charge is -2.22. The molecule has 0 spiro atoms. The van der Waals surface area contributed by atoms with Crippen molar-refractivity contribution < 1.29 is 30.6 Å². The summed E-state index contributed by atoms with van der Waals surface area (Å²) in [5.74, 6) is 0. The average molecular weight is 278 g/mol. The molecule has 8 nitrogen and oxygen atoms in total. The fraction of sp³-hybridized carbons (Fsp3) is 0.818. The highest BCUT2D eigenvalue weighted by Crippen LogP contribution is 2.09. The molecule has 0 rings (SSSR count). The molecule has 0 amide bonds. The van der Waals surface area contributed by atoms with Crippen molar-refractivity contribution in [1.29, 1.82) is 0 Å². The lowest BCUT2D eigenvalue weighted by molar-refractivity contribution is 0.0717. The Morgan fingerprint density at radius 1 is 0.579 bits per heavy atom. The molecule has 0 saturated heterocycles. The van der Waals surface area contributed by atoms with Crippen molar-refractivity contribution in [1.82, 2.24) is 0 Å². The van der Waals surface area contributed by atoms with Gasteiger partial charge in [0.25, 0.3) is 0 Å². The van der Waals surface area contributed by atoms with Crippen LogP contribution in [0.4, 0.5) is 0 Å². The van der Waals surface area contributed by atoms with Crippen LogP contribution >= 0.6 is 0 Å². The van der Waals surface area contributed by atoms with Crippen LogP contribution < -0.4 is 0 Å². The van der Waals surface area contributed by atoms with Crippen molar-refractivity contribution in [2.75, 3.05) is 39.6 Å². The first-order chi connectivity index (χ1) is 9.07. The van der Waals surface area contributed by atoms with Gasteiger partial charge in [0.1, 0.15) is 11.1 Å². The monoisotopic (exact) mass is 278 g/mol. The Kier molecular flexibility index (Phi) is 8.65. The first-order valence-electron chi connectivity index (χ1n) is 5.80. The van der Waals surface area contributed by atoms with E-state index in [0.29, 0.717) is 0 Å². The van der Waals surface area contributed by atoms with Crippen LogP contribution in [-0.4, -0.2) is 93.8 Å². The molecule has 0 atom stereocenters. The summed E-state index contributed by atoms with van der Waals surface area (Å²) >= 11 is 0. The molecule has 0 aromatic heterocycles. The number of aliphatic hydroxyl groups excluding tert-OH is 6. The topological polar surface area (TPSA) is 146 Å². The predicted molar refractivity (Wildman–Crippen MR) is 69.6 cm³/mol. The van der Waals surface area contributed by atoms with E-state index in [1.54, 1.807) is 0 Å². The molecule has 0 fully saturated rings. The Bertz CT molecular complexity index is 242. The second kappa shape index (κ2) is 9.08. The van der Waals surface area contributed by atoms with Crippen LogP contribution in [0.1, 0.15) is 6.42 Å². The SMILES string of the molecule is OCC(CO)(CO)N=CCC=NC(CO)(CO)CO. The van der Waals surface area contributed by atoms with Crippen LogP contribution in [0, 0.1) is 0 Å². The summed E-state index contributed by atoms with van der Waals surface area (Å²) in [4.78, 5) is 7.71. The minimum Gasteiger partial charge on any atom is -0.394 e. The summed E-state index contributed by atoms with van der Waals surface area (Å²) in [5.41, 5.74) is -2.65. The zero-order chi connectivity index (χ0) is 14.8. The number of rotatable bonds is 10. The normalized spacial score (nSPS) is 13.8. The fourth-order valence-electron chi connectivity index (χ4n) is 1.08. The van der Waals surface area contributed by atoms with Gasteiger partial charge in [-0.25, -0.2) is 0 Å². The van der Waals surface area contributed by atoms with Gasteiger partial charge in [-0.2, -0.15) is 0 Å². The van der Waals surface area contributed by atoms with Crippen molar-refractivity contribution >= 4 is 12.4 Å². The second-order valence-electron chi connectivity index (χ2n) is 4.26. The van der Waals surface area contributed by atoms with Gasteiger partial charge < -0.3 is 30.6 Å². The lowest BCUT2D eigenvalue weighted by Crippen LogP contribution is -2.40. The Morgan fingerprint density at radius 2 is 0.842 bits per heavy atom. The molecule has 0 aromatic carbocycles. The summed E-state index contributed by atoms with van der Waals surface area (Å²) in [6.07, 6.45) is 2.87. The standard InChI is InChI=1S/C11H22N2O6/c14-4-10(5-15,6-16)12-2-1-3-13-11(7-17,8-18)9-19/h2-3,14-19H,1,4-9H2. The molecule has 0 radical (unpaired) electrons. The first-order valence-corrected chi connectivity index (χ1v) is 5.80. The van der Waals surface area contributed by atoms with Gasteiger partial charge in [0.15, 0.2) is 0 Å². The third kappa shape index (κ3) is 5.31. The van der Waals surface area contributed by atoms with E-state index in [0.717, 1.165) is 0 Å². The largest absolute Gasteiger partial charge is 0.394 e. The van der Waals surface area contributed by atoms with E-state index in [1.807, 2.05) is 0 Å². The van der Waals surface area contributed by atoms with Gasteiger partial charge in [-0.3, -0.25) is 9.98 Å². The molecule has 0 unspecified atom stereocenters. The maximum absolute atomic E-state index is 9.01. The van der Waals surface area contributed by atoms with Crippen molar-refractivity contribution in [2.24, 2.45) is 9.98 Å². The summed E-state index contributed by atoms with van der Waals surface area (Å²) in [5, 5.41) is 54.1. The molecule has 112 valence electrons. The van der Waals surface area contributed by atoms with Crippen LogP contribution in [-0.2, 0) is 0 Å². The number of hydrogen-bond donors (Lipinski definition) is 6. The summed E-state index contributed by atoms with van der Waals surface area (Å²) < 4.78 is 0. The number of hydrogen-bond acceptors (Lipinski definition) is 8. The van der Waals surface area contributed by atoms with Crippen molar-refractivity contribution in [3.8, 4) is 0 Å². The Balaban J connectivity index is 4.50. The van der Waals surface area contributed by atoms with E-state index in [9.17, 15) is 0 Å². The van der Waals surface area contributed by atoms with E-state index in [-0.39, 0.29) is 6.42 Å². The minimum absolute atomic E-state index is 0.198. The summed E-state index contributed by atoms with van der Waals surface area (Å²) in [7, 11) is 0. The summed E-state index contributed by atoms with van der Waals surface area (Å²) in [6.45, 7) is -2.99. The molecule has 0 aliphatic heterocycles. The summed E-state index contributed by atoms with van der Waals surface area (Å²) in [6, 6.07) is 0. The van der Waals surface area contributed by atoms with Gasteiger partial charge in [0, 0.05) is 18.9 Å². The van der Waals surface area contributed by atoms with Crippen molar-refractivity contribution in [3.05, 3.63) is 0 Å². The molecule has 0 saturated carbocycles. The Morgan fingerprint density at radius 3 is 1.05 bits per heavy atom. The van der Waals surface area contributed by atoms with Crippen LogP contribution in [0.25, 0.3) is 0 Å². The van der Waals surface area contributed by atoms with E-state index in [2.05, 4.69) is 9.98 Å². The lowest BCUT2D eigenvalue weighted by atomic mass is 10.0. The first kappa shape index (κ1) is 18.1. The van der Waals surface area contributed by atoms with Crippen molar-refractivity contribution in [2.45, 2.75) is 17.5 Å². The van der Waals surface area contributed by atoms with Gasteiger partial charge in [0.2, 0.25) is 0 Å². The van der Waals surface area contributed by atoms with Crippen LogP contribution in [0.15, 0.2) is 9.98 Å². The zero-order valence-electron chi connectivity index (χ0n) is 10.7. The Hall–Kier alpha value is -0.900. The van der Waals surface area contributed by atoms with E-state index in [1.165, 1.54) is 12.4 Å². The smallest absolute Gasteiger partial charge is 0.129 e. The maximum Gasteiger partial charge on any atom is 0.129 e. The third-order valence-corrected chi connectivity index (χ3v) is 2.71. The molecule has 0 aliphatic carbocycles. The highest BCUT2D eigenvalue weighted by molar-refractivity contribution is 5.79. The number of aliphatic hydroxyl groups is 6. The quantitative estimate of drug-likeness (QED) is 0.234. The van der Waals surface area contributed by atoms with Gasteiger partial charge in [-0.15, -0.1) is 0 Å². The molecule has 0 bridgehead atoms. The average Bonchev–Trinajstić information content (AvgIpc) is 2.48. The molecular formula is C11H22N2O6. The van der Waals surface area contributed by atoms with Crippen LogP contribution in [0.3, 0.4) is 0 Å². The maximum atomic E-state index is 9.01. The molecule has 0 heterocycles. The van der Waals surface area contributed by atoms with Gasteiger partial charge in [-0.1, -0.05) is 0 Å². The Labute approximate surface area is 111 Å². The molecule has 6 N–H and O–H groups in total. The highest BCUT2D eigenvalue weighted by Gasteiger charge is 2.27. The second-order valence-corrected chi connectivity index (χ2v) is 4.26. The molecule has 0 aromatic rings. The van der Waals surface area contributed by atoms with E-state index >= 15 is 0 Å². The van der Waals surface area contributed by atoms with Crippen LogP contribution in [0.5, 0.6) is 0 Å². The van der Waals surface area contributed by atoms with Gasteiger partial charge in [0.05, 0.1) is 39.6 Å². The molecule has 0 aliphatic rings. The van der Waals surface area contributed by atoms with E-state index < -0.39 is 50.7 Å². The molecule has 19 heavy (non-hydrogen) atoms. The zero-order valence-corrected chi connectivity index (χ0v) is 10.7. The van der Waals surface area contributed by atoms with Crippen molar-refractivity contribution in [3.63, 3.8) is 0 Å². The van der Waals surface area contributed by atoms with E-state index in [4.69, 9.17) is 30.6 Å². The predicted octanol–water partition coefficient (Wildman–Crippen LogP) is -3.05. The molecule has 8 heteroatoms. The third-order valence-electron chi connectivity index (χ3n) is 2.71. The number of nitrogens with zero attached hydrogens (tertiary/aromatic N) is 2.